The zero-order valence-corrected chi connectivity index (χ0v) is 17.7. The predicted octanol–water partition coefficient (Wildman–Crippen LogP) is 4.85. The molecule has 0 bridgehead atoms. The van der Waals surface area contributed by atoms with Gasteiger partial charge < -0.3 is 15.0 Å². The highest BCUT2D eigenvalue weighted by atomic mass is 16.6. The lowest BCUT2D eigenvalue weighted by Gasteiger charge is -2.24. The number of rotatable bonds is 5. The standard InChI is InChI=1S/C24H30N2O3/c1-5-23(27)25-19-9-10-20(15-19)26(4)24(28)29-21-11-7-18(8-12-21)22-13-6-16(2)14-17(22)3/h6-8,11-14,19-20H,5,9-10,15H2,1-4H3,(H,25,27)/t19-,20+/m0/s1. The first-order valence-electron chi connectivity index (χ1n) is 10.3. The van der Waals surface area contributed by atoms with Gasteiger partial charge >= 0.3 is 6.09 Å². The van der Waals surface area contributed by atoms with E-state index in [9.17, 15) is 9.59 Å². The molecule has 0 heterocycles. The molecule has 2 aromatic rings. The normalized spacial score (nSPS) is 18.3. The van der Waals surface area contributed by atoms with Gasteiger partial charge in [0.25, 0.3) is 0 Å². The fraction of sp³-hybridized carbons (Fsp3) is 0.417. The summed E-state index contributed by atoms with van der Waals surface area (Å²) < 4.78 is 5.57. The van der Waals surface area contributed by atoms with Gasteiger partial charge in [-0.15, -0.1) is 0 Å². The fourth-order valence-electron chi connectivity index (χ4n) is 3.93. The second kappa shape index (κ2) is 9.12. The molecule has 0 saturated heterocycles. The molecule has 1 aliphatic carbocycles. The molecular formula is C24H30N2O3. The lowest BCUT2D eigenvalue weighted by molar-refractivity contribution is -0.121. The Hall–Kier alpha value is -2.82. The van der Waals surface area contributed by atoms with Crippen LogP contribution in [0.3, 0.4) is 0 Å². The third-order valence-electron chi connectivity index (χ3n) is 5.68. The van der Waals surface area contributed by atoms with Crippen LogP contribution in [0.1, 0.15) is 43.7 Å². The molecule has 1 saturated carbocycles. The van der Waals surface area contributed by atoms with Gasteiger partial charge in [0.2, 0.25) is 5.91 Å². The van der Waals surface area contributed by atoms with Crippen molar-refractivity contribution in [3.8, 4) is 16.9 Å². The van der Waals surface area contributed by atoms with Crippen LogP contribution >= 0.6 is 0 Å². The largest absolute Gasteiger partial charge is 0.415 e. The second-order valence-corrected chi connectivity index (χ2v) is 7.91. The summed E-state index contributed by atoms with van der Waals surface area (Å²) in [7, 11) is 1.76. The molecule has 1 aliphatic rings. The average Bonchev–Trinajstić information content (AvgIpc) is 3.16. The molecule has 0 aromatic heterocycles. The Balaban J connectivity index is 1.58. The van der Waals surface area contributed by atoms with Crippen LogP contribution in [0.15, 0.2) is 42.5 Å². The van der Waals surface area contributed by atoms with Crippen molar-refractivity contribution < 1.29 is 14.3 Å². The number of carbonyl (C=O) groups is 2. The maximum Gasteiger partial charge on any atom is 0.415 e. The summed E-state index contributed by atoms with van der Waals surface area (Å²) in [5.41, 5.74) is 4.74. The van der Waals surface area contributed by atoms with Crippen LogP contribution in [0.4, 0.5) is 4.79 Å². The van der Waals surface area contributed by atoms with Crippen molar-refractivity contribution >= 4 is 12.0 Å². The molecule has 2 aromatic carbocycles. The molecule has 0 radical (unpaired) electrons. The van der Waals surface area contributed by atoms with Crippen molar-refractivity contribution in [3.63, 3.8) is 0 Å². The number of amides is 2. The van der Waals surface area contributed by atoms with E-state index in [2.05, 4.69) is 37.4 Å². The third-order valence-corrected chi connectivity index (χ3v) is 5.68. The number of benzene rings is 2. The molecule has 3 rings (SSSR count). The minimum Gasteiger partial charge on any atom is -0.410 e. The van der Waals surface area contributed by atoms with Crippen LogP contribution in [0.25, 0.3) is 11.1 Å². The Morgan fingerprint density at radius 3 is 2.48 bits per heavy atom. The summed E-state index contributed by atoms with van der Waals surface area (Å²) >= 11 is 0. The Labute approximate surface area is 173 Å². The second-order valence-electron chi connectivity index (χ2n) is 7.91. The number of ether oxygens (including phenoxy) is 1. The van der Waals surface area contributed by atoms with Crippen LogP contribution in [0.5, 0.6) is 5.75 Å². The van der Waals surface area contributed by atoms with Gasteiger partial charge in [-0.3, -0.25) is 4.79 Å². The highest BCUT2D eigenvalue weighted by Crippen LogP contribution is 2.27. The molecule has 0 spiro atoms. The smallest absolute Gasteiger partial charge is 0.410 e. The van der Waals surface area contributed by atoms with Crippen molar-refractivity contribution in [2.45, 2.75) is 58.5 Å². The topological polar surface area (TPSA) is 58.6 Å². The van der Waals surface area contributed by atoms with E-state index in [1.54, 1.807) is 11.9 Å². The summed E-state index contributed by atoms with van der Waals surface area (Å²) in [6.45, 7) is 6.03. The molecule has 0 unspecified atom stereocenters. The van der Waals surface area contributed by atoms with Crippen LogP contribution in [0, 0.1) is 13.8 Å². The Morgan fingerprint density at radius 1 is 1.10 bits per heavy atom. The molecule has 2 amide bonds. The van der Waals surface area contributed by atoms with Gasteiger partial charge in [0.05, 0.1) is 0 Å². The number of hydrogen-bond donors (Lipinski definition) is 1. The number of hydrogen-bond acceptors (Lipinski definition) is 3. The van der Waals surface area contributed by atoms with E-state index >= 15 is 0 Å². The molecule has 5 heteroatoms. The number of nitrogens with zero attached hydrogens (tertiary/aromatic N) is 1. The SMILES string of the molecule is CCC(=O)N[C@H]1CC[C@@H](N(C)C(=O)Oc2ccc(-c3ccc(C)cc3C)cc2)C1. The Morgan fingerprint density at radius 2 is 1.83 bits per heavy atom. The first-order valence-corrected chi connectivity index (χ1v) is 10.3. The molecule has 5 nitrogen and oxygen atoms in total. The molecule has 1 fully saturated rings. The van der Waals surface area contributed by atoms with Crippen LogP contribution in [-0.4, -0.2) is 36.0 Å². The van der Waals surface area contributed by atoms with E-state index in [1.807, 2.05) is 31.2 Å². The maximum absolute atomic E-state index is 12.5. The van der Waals surface area contributed by atoms with Crippen molar-refractivity contribution in [1.29, 1.82) is 0 Å². The first kappa shape index (κ1) is 20.9. The van der Waals surface area contributed by atoms with Gasteiger partial charge in [-0.1, -0.05) is 42.8 Å². The molecule has 154 valence electrons. The van der Waals surface area contributed by atoms with E-state index in [0.717, 1.165) is 24.8 Å². The van der Waals surface area contributed by atoms with Gasteiger partial charge in [-0.25, -0.2) is 4.79 Å². The summed E-state index contributed by atoms with van der Waals surface area (Å²) in [5, 5.41) is 3.01. The van der Waals surface area contributed by atoms with Gasteiger partial charge in [-0.2, -0.15) is 0 Å². The first-order chi connectivity index (χ1) is 13.9. The van der Waals surface area contributed by atoms with Gasteiger partial charge in [0.1, 0.15) is 5.75 Å². The molecule has 29 heavy (non-hydrogen) atoms. The Kier molecular flexibility index (Phi) is 6.57. The lowest BCUT2D eigenvalue weighted by atomic mass is 9.99. The molecule has 2 atom stereocenters. The third kappa shape index (κ3) is 5.17. The summed E-state index contributed by atoms with van der Waals surface area (Å²) in [4.78, 5) is 25.8. The van der Waals surface area contributed by atoms with E-state index in [1.165, 1.54) is 16.7 Å². The van der Waals surface area contributed by atoms with Gasteiger partial charge in [-0.05, 0) is 61.9 Å². The van der Waals surface area contributed by atoms with E-state index < -0.39 is 0 Å². The number of nitrogens with one attached hydrogen (secondary N) is 1. The van der Waals surface area contributed by atoms with E-state index in [0.29, 0.717) is 12.2 Å². The van der Waals surface area contributed by atoms with E-state index in [-0.39, 0.29) is 24.1 Å². The van der Waals surface area contributed by atoms with Crippen LogP contribution < -0.4 is 10.1 Å². The quantitative estimate of drug-likeness (QED) is 0.789. The Bertz CT molecular complexity index is 876. The van der Waals surface area contributed by atoms with Gasteiger partial charge in [0, 0.05) is 25.6 Å². The number of aryl methyl sites for hydroxylation is 2. The molecule has 1 N–H and O–H groups in total. The van der Waals surface area contributed by atoms with Crippen LogP contribution in [-0.2, 0) is 4.79 Å². The van der Waals surface area contributed by atoms with Crippen molar-refractivity contribution in [2.75, 3.05) is 7.05 Å². The monoisotopic (exact) mass is 394 g/mol. The highest BCUT2D eigenvalue weighted by molar-refractivity contribution is 5.76. The fourth-order valence-corrected chi connectivity index (χ4v) is 3.93. The zero-order valence-electron chi connectivity index (χ0n) is 17.7. The van der Waals surface area contributed by atoms with Gasteiger partial charge in [0.15, 0.2) is 0 Å². The van der Waals surface area contributed by atoms with Crippen molar-refractivity contribution in [2.24, 2.45) is 0 Å². The lowest BCUT2D eigenvalue weighted by Crippen LogP contribution is -2.39. The number of carbonyl (C=O) groups excluding carboxylic acids is 2. The van der Waals surface area contributed by atoms with Crippen molar-refractivity contribution in [1.82, 2.24) is 10.2 Å². The van der Waals surface area contributed by atoms with Crippen LogP contribution in [0.2, 0.25) is 0 Å². The average molecular weight is 395 g/mol. The maximum atomic E-state index is 12.5. The molecular weight excluding hydrogens is 364 g/mol. The summed E-state index contributed by atoms with van der Waals surface area (Å²) in [5.74, 6) is 0.592. The summed E-state index contributed by atoms with van der Waals surface area (Å²) in [6.07, 6.45) is 2.64. The minimum absolute atomic E-state index is 0.0600. The van der Waals surface area contributed by atoms with Crippen molar-refractivity contribution in [3.05, 3.63) is 53.6 Å². The summed E-state index contributed by atoms with van der Waals surface area (Å²) in [6, 6.07) is 14.2. The predicted molar refractivity (Wildman–Crippen MR) is 115 cm³/mol. The highest BCUT2D eigenvalue weighted by Gasteiger charge is 2.31. The minimum atomic E-state index is -0.364. The zero-order chi connectivity index (χ0) is 21.0. The van der Waals surface area contributed by atoms with E-state index in [4.69, 9.17) is 4.74 Å². The molecule has 0 aliphatic heterocycles.